The van der Waals surface area contributed by atoms with Gasteiger partial charge in [0.1, 0.15) is 0 Å². The molecule has 0 atom stereocenters. The number of nitrogens with zero attached hydrogens (tertiary/aromatic N) is 5. The van der Waals surface area contributed by atoms with Gasteiger partial charge in [0.15, 0.2) is 5.11 Å². The molecule has 0 saturated carbocycles. The van der Waals surface area contributed by atoms with Crippen molar-refractivity contribution in [1.29, 1.82) is 0 Å². The lowest BCUT2D eigenvalue weighted by atomic mass is 10.2. The van der Waals surface area contributed by atoms with Crippen molar-refractivity contribution in [2.45, 2.75) is 13.8 Å². The highest BCUT2D eigenvalue weighted by Crippen LogP contribution is 2.21. The molecule has 9 heteroatoms. The van der Waals surface area contributed by atoms with Gasteiger partial charge in [-0.15, -0.1) is 0 Å². The van der Waals surface area contributed by atoms with E-state index in [9.17, 15) is 0 Å². The van der Waals surface area contributed by atoms with E-state index in [2.05, 4.69) is 41.5 Å². The van der Waals surface area contributed by atoms with Crippen molar-refractivity contribution < 1.29 is 0 Å². The van der Waals surface area contributed by atoms with Gasteiger partial charge >= 0.3 is 0 Å². The summed E-state index contributed by atoms with van der Waals surface area (Å²) < 4.78 is 0. The van der Waals surface area contributed by atoms with Crippen LogP contribution in [-0.2, 0) is 0 Å². The fourth-order valence-electron chi connectivity index (χ4n) is 3.06. The summed E-state index contributed by atoms with van der Waals surface area (Å²) in [6, 6.07) is 9.86. The van der Waals surface area contributed by atoms with Crippen molar-refractivity contribution >= 4 is 46.5 Å². The van der Waals surface area contributed by atoms with Gasteiger partial charge in [-0.1, -0.05) is 17.7 Å². The first-order valence-electron chi connectivity index (χ1n) is 9.10. The molecule has 2 N–H and O–H groups in total. The van der Waals surface area contributed by atoms with Crippen LogP contribution >= 0.6 is 23.8 Å². The Kier molecular flexibility index (Phi) is 6.64. The number of benzene rings is 1. The highest BCUT2D eigenvalue weighted by atomic mass is 35.5. The van der Waals surface area contributed by atoms with Gasteiger partial charge in [0, 0.05) is 55.3 Å². The molecule has 1 aromatic heterocycles. The summed E-state index contributed by atoms with van der Waals surface area (Å²) in [5.74, 6) is 1.17. The van der Waals surface area contributed by atoms with Gasteiger partial charge < -0.3 is 15.1 Å². The fraction of sp³-hybridized carbons (Fsp3) is 0.368. The molecule has 1 aromatic carbocycles. The molecule has 1 fully saturated rings. The maximum atomic E-state index is 6.13. The summed E-state index contributed by atoms with van der Waals surface area (Å²) in [6.07, 6.45) is 0. The molecule has 0 radical (unpaired) electrons. The Balaban J connectivity index is 1.74. The molecule has 0 amide bonds. The average Bonchev–Trinajstić information content (AvgIpc) is 2.67. The van der Waals surface area contributed by atoms with E-state index in [1.165, 1.54) is 0 Å². The van der Waals surface area contributed by atoms with Crippen LogP contribution in [0.1, 0.15) is 11.4 Å². The van der Waals surface area contributed by atoms with E-state index in [0.717, 1.165) is 48.3 Å². The highest BCUT2D eigenvalue weighted by Gasteiger charge is 2.21. The van der Waals surface area contributed by atoms with Gasteiger partial charge in [0.05, 0.1) is 0 Å². The van der Waals surface area contributed by atoms with Crippen LogP contribution in [0.15, 0.2) is 35.3 Å². The molecule has 2 aromatic rings. The number of piperazine rings is 1. The molecule has 0 bridgehead atoms. The number of rotatable bonds is 2. The summed E-state index contributed by atoms with van der Waals surface area (Å²) in [7, 11) is 1.76. The maximum absolute atomic E-state index is 6.13. The molecule has 3 rings (SSSR count). The lowest BCUT2D eigenvalue weighted by Gasteiger charge is -2.37. The summed E-state index contributed by atoms with van der Waals surface area (Å²) in [5, 5.41) is 7.29. The molecule has 1 saturated heterocycles. The Labute approximate surface area is 175 Å². The smallest absolute Gasteiger partial charge is 0.229 e. The highest BCUT2D eigenvalue weighted by molar-refractivity contribution is 7.80. The molecule has 7 nitrogen and oxygen atoms in total. The van der Waals surface area contributed by atoms with Gasteiger partial charge in [-0.3, -0.25) is 5.32 Å². The van der Waals surface area contributed by atoms with Gasteiger partial charge in [-0.25, -0.2) is 9.97 Å². The first-order chi connectivity index (χ1) is 13.4. The van der Waals surface area contributed by atoms with E-state index >= 15 is 0 Å². The first-order valence-corrected chi connectivity index (χ1v) is 9.88. The Hall–Kier alpha value is -2.45. The minimum Gasteiger partial charge on any atom is -0.368 e. The Morgan fingerprint density at radius 2 is 1.79 bits per heavy atom. The maximum Gasteiger partial charge on any atom is 0.229 e. The Morgan fingerprint density at radius 3 is 2.39 bits per heavy atom. The number of aliphatic imine (C=N–C) groups is 1. The molecule has 0 aliphatic carbocycles. The zero-order chi connectivity index (χ0) is 20.1. The van der Waals surface area contributed by atoms with Crippen LogP contribution < -0.4 is 15.5 Å². The van der Waals surface area contributed by atoms with Crippen LogP contribution in [0, 0.1) is 13.8 Å². The van der Waals surface area contributed by atoms with Crippen molar-refractivity contribution in [3.63, 3.8) is 0 Å². The number of hydrogen-bond donors (Lipinski definition) is 2. The number of aromatic nitrogens is 2. The molecule has 148 valence electrons. The normalized spacial score (nSPS) is 14.8. The van der Waals surface area contributed by atoms with E-state index < -0.39 is 0 Å². The third-order valence-electron chi connectivity index (χ3n) is 4.38. The number of aryl methyl sites for hydroxylation is 2. The quantitative estimate of drug-likeness (QED) is 0.442. The molecule has 0 spiro atoms. The lowest BCUT2D eigenvalue weighted by molar-refractivity contribution is 0.385. The molecule has 1 aliphatic rings. The second kappa shape index (κ2) is 9.16. The first kappa shape index (κ1) is 20.3. The fourth-order valence-corrected chi connectivity index (χ4v) is 3.33. The van der Waals surface area contributed by atoms with Gasteiger partial charge in [0.2, 0.25) is 11.9 Å². The van der Waals surface area contributed by atoms with Gasteiger partial charge in [-0.05, 0) is 50.3 Å². The van der Waals surface area contributed by atoms with E-state index in [1.807, 2.05) is 38.1 Å². The summed E-state index contributed by atoms with van der Waals surface area (Å²) in [4.78, 5) is 17.9. The van der Waals surface area contributed by atoms with Crippen molar-refractivity contribution in [2.75, 3.05) is 43.4 Å². The predicted octanol–water partition coefficient (Wildman–Crippen LogP) is 2.84. The molecule has 2 heterocycles. The summed E-state index contributed by atoms with van der Waals surface area (Å²) >= 11 is 11.4. The lowest BCUT2D eigenvalue weighted by Crippen LogP contribution is -2.51. The van der Waals surface area contributed by atoms with Crippen LogP contribution in [0.25, 0.3) is 0 Å². The van der Waals surface area contributed by atoms with E-state index in [0.29, 0.717) is 17.0 Å². The van der Waals surface area contributed by atoms with E-state index in [-0.39, 0.29) is 0 Å². The topological polar surface area (TPSA) is 68.7 Å². The Bertz CT molecular complexity index is 858. The minimum atomic E-state index is 0.407. The SMILES string of the molecule is CNC(=S)/N=C(/Nc1nc(C)cc(C)n1)N1CCN(c2cccc(Cl)c2)CC1. The molecule has 0 unspecified atom stereocenters. The average molecular weight is 418 g/mol. The zero-order valence-electron chi connectivity index (χ0n) is 16.2. The van der Waals surface area contributed by atoms with Crippen LogP contribution in [0.3, 0.4) is 0 Å². The predicted molar refractivity (Wildman–Crippen MR) is 119 cm³/mol. The zero-order valence-corrected chi connectivity index (χ0v) is 17.8. The third kappa shape index (κ3) is 5.30. The minimum absolute atomic E-state index is 0.407. The van der Waals surface area contributed by atoms with Crippen LogP contribution in [-0.4, -0.2) is 59.2 Å². The van der Waals surface area contributed by atoms with Crippen LogP contribution in [0.5, 0.6) is 0 Å². The van der Waals surface area contributed by atoms with Crippen molar-refractivity contribution in [3.8, 4) is 0 Å². The van der Waals surface area contributed by atoms with Gasteiger partial charge in [0.25, 0.3) is 0 Å². The van der Waals surface area contributed by atoms with Crippen molar-refractivity contribution in [3.05, 3.63) is 46.7 Å². The summed E-state index contributed by atoms with van der Waals surface area (Å²) in [6.45, 7) is 7.16. The third-order valence-corrected chi connectivity index (χ3v) is 4.91. The van der Waals surface area contributed by atoms with E-state index in [4.69, 9.17) is 23.8 Å². The number of hydrogen-bond acceptors (Lipinski definition) is 4. The standard InChI is InChI=1S/C19H24ClN7S/c1-13-11-14(2)23-17(22-13)24-18(25-19(28)21-3)27-9-7-26(8-10-27)16-6-4-5-15(20)12-16/h4-6,11-12H,7-10H2,1-3H3,(H2,21,22,23,24,25,28). The summed E-state index contributed by atoms with van der Waals surface area (Å²) in [5.41, 5.74) is 2.93. The van der Waals surface area contributed by atoms with Crippen LogP contribution in [0.4, 0.5) is 11.6 Å². The van der Waals surface area contributed by atoms with Crippen LogP contribution in [0.2, 0.25) is 5.02 Å². The monoisotopic (exact) mass is 417 g/mol. The van der Waals surface area contributed by atoms with E-state index in [1.54, 1.807) is 7.05 Å². The molecular formula is C19H24ClN7S. The molecule has 1 aliphatic heterocycles. The van der Waals surface area contributed by atoms with Crippen molar-refractivity contribution in [1.82, 2.24) is 20.2 Å². The number of anilines is 2. The van der Waals surface area contributed by atoms with Gasteiger partial charge in [-0.2, -0.15) is 4.99 Å². The largest absolute Gasteiger partial charge is 0.368 e. The number of thiocarbonyl (C=S) groups is 1. The number of guanidine groups is 1. The second-order valence-electron chi connectivity index (χ2n) is 6.54. The van der Waals surface area contributed by atoms with Crippen molar-refractivity contribution in [2.24, 2.45) is 4.99 Å². The number of halogens is 1. The Morgan fingerprint density at radius 1 is 1.11 bits per heavy atom. The molecular weight excluding hydrogens is 394 g/mol. The molecule has 28 heavy (non-hydrogen) atoms. The second-order valence-corrected chi connectivity index (χ2v) is 7.37. The number of nitrogens with one attached hydrogen (secondary N) is 2.